The number of para-hydroxylation sites is 1. The average Bonchev–Trinajstić information content (AvgIpc) is 2.49. The third-order valence-corrected chi connectivity index (χ3v) is 3.49. The van der Waals surface area contributed by atoms with Gasteiger partial charge in [-0.05, 0) is 43.4 Å². The van der Waals surface area contributed by atoms with Crippen molar-refractivity contribution in [2.45, 2.75) is 6.92 Å². The van der Waals surface area contributed by atoms with E-state index in [1.807, 2.05) is 30.3 Å². The minimum atomic E-state index is 0.651. The molecule has 0 aliphatic carbocycles. The molecular formula is C17H21N3S. The zero-order chi connectivity index (χ0) is 15.1. The van der Waals surface area contributed by atoms with Gasteiger partial charge in [-0.2, -0.15) is 0 Å². The Morgan fingerprint density at radius 2 is 1.71 bits per heavy atom. The topological polar surface area (TPSA) is 27.3 Å². The van der Waals surface area contributed by atoms with E-state index >= 15 is 0 Å². The largest absolute Gasteiger partial charge is 0.373 e. The maximum Gasteiger partial charge on any atom is 0.170 e. The Balaban J connectivity index is 1.73. The molecule has 0 fully saturated rings. The van der Waals surface area contributed by atoms with Gasteiger partial charge >= 0.3 is 0 Å². The molecule has 0 atom stereocenters. The van der Waals surface area contributed by atoms with Gasteiger partial charge in [0.25, 0.3) is 0 Å². The predicted octanol–water partition coefficient (Wildman–Crippen LogP) is 3.42. The molecule has 0 heterocycles. The lowest BCUT2D eigenvalue weighted by Gasteiger charge is -2.20. The van der Waals surface area contributed by atoms with Gasteiger partial charge in [0.05, 0.1) is 0 Å². The van der Waals surface area contributed by atoms with Gasteiger partial charge in [-0.25, -0.2) is 0 Å². The van der Waals surface area contributed by atoms with E-state index in [1.54, 1.807) is 0 Å². The Kier molecular flexibility index (Phi) is 5.58. The number of hydrogen-bond donors (Lipinski definition) is 2. The van der Waals surface area contributed by atoms with Crippen LogP contribution in [0.2, 0.25) is 0 Å². The maximum absolute atomic E-state index is 5.28. The molecule has 0 aliphatic heterocycles. The van der Waals surface area contributed by atoms with Crippen LogP contribution in [0.3, 0.4) is 0 Å². The van der Waals surface area contributed by atoms with Crippen LogP contribution in [0.25, 0.3) is 0 Å². The Labute approximate surface area is 132 Å². The molecule has 0 unspecified atom stereocenters. The van der Waals surface area contributed by atoms with Crippen LogP contribution in [-0.4, -0.2) is 25.2 Å². The lowest BCUT2D eigenvalue weighted by molar-refractivity contribution is 0.827. The van der Waals surface area contributed by atoms with Gasteiger partial charge in [-0.3, -0.25) is 0 Å². The third-order valence-electron chi connectivity index (χ3n) is 3.24. The van der Waals surface area contributed by atoms with Crippen LogP contribution < -0.4 is 15.5 Å². The predicted molar refractivity (Wildman–Crippen MR) is 95.1 cm³/mol. The second-order valence-electron chi connectivity index (χ2n) is 5.00. The van der Waals surface area contributed by atoms with Crippen molar-refractivity contribution in [2.75, 3.05) is 30.4 Å². The SMILES string of the molecule is Cc1ccc(N(C)CCNC(=S)Nc2ccccc2)cc1. The van der Waals surface area contributed by atoms with Crippen LogP contribution in [0.15, 0.2) is 54.6 Å². The fourth-order valence-electron chi connectivity index (χ4n) is 1.96. The van der Waals surface area contributed by atoms with Gasteiger partial charge in [0, 0.05) is 31.5 Å². The van der Waals surface area contributed by atoms with E-state index in [4.69, 9.17) is 12.2 Å². The molecule has 2 aromatic carbocycles. The highest BCUT2D eigenvalue weighted by molar-refractivity contribution is 7.80. The highest BCUT2D eigenvalue weighted by atomic mass is 32.1. The van der Waals surface area contributed by atoms with E-state index in [0.29, 0.717) is 5.11 Å². The van der Waals surface area contributed by atoms with Crippen molar-refractivity contribution in [3.63, 3.8) is 0 Å². The smallest absolute Gasteiger partial charge is 0.170 e. The molecule has 0 saturated carbocycles. The number of benzene rings is 2. The van der Waals surface area contributed by atoms with Crippen molar-refractivity contribution >= 4 is 28.7 Å². The molecule has 0 spiro atoms. The quantitative estimate of drug-likeness (QED) is 0.827. The molecule has 110 valence electrons. The third kappa shape index (κ3) is 5.08. The molecular weight excluding hydrogens is 278 g/mol. The molecule has 0 saturated heterocycles. The van der Waals surface area contributed by atoms with Crippen LogP contribution in [-0.2, 0) is 0 Å². The summed E-state index contributed by atoms with van der Waals surface area (Å²) >= 11 is 5.28. The molecule has 2 aromatic rings. The van der Waals surface area contributed by atoms with Crippen LogP contribution in [0.1, 0.15) is 5.56 Å². The van der Waals surface area contributed by atoms with E-state index in [9.17, 15) is 0 Å². The molecule has 0 aliphatic rings. The highest BCUT2D eigenvalue weighted by Gasteiger charge is 2.01. The van der Waals surface area contributed by atoms with Crippen molar-refractivity contribution < 1.29 is 0 Å². The molecule has 2 N–H and O–H groups in total. The Hall–Kier alpha value is -2.07. The zero-order valence-corrected chi connectivity index (χ0v) is 13.3. The lowest BCUT2D eigenvalue weighted by atomic mass is 10.2. The monoisotopic (exact) mass is 299 g/mol. The number of likely N-dealkylation sites (N-methyl/N-ethyl adjacent to an activating group) is 1. The number of thiocarbonyl (C=S) groups is 1. The summed E-state index contributed by atoms with van der Waals surface area (Å²) in [5.41, 5.74) is 3.49. The lowest BCUT2D eigenvalue weighted by Crippen LogP contribution is -2.35. The van der Waals surface area contributed by atoms with Crippen LogP contribution in [0.5, 0.6) is 0 Å². The minimum Gasteiger partial charge on any atom is -0.373 e. The number of nitrogens with zero attached hydrogens (tertiary/aromatic N) is 1. The standard InChI is InChI=1S/C17H21N3S/c1-14-8-10-16(11-9-14)20(2)13-12-18-17(21)19-15-6-4-3-5-7-15/h3-11H,12-13H2,1-2H3,(H2,18,19,21). The average molecular weight is 299 g/mol. The Bertz CT molecular complexity index is 566. The fraction of sp³-hybridized carbons (Fsp3) is 0.235. The highest BCUT2D eigenvalue weighted by Crippen LogP contribution is 2.12. The summed E-state index contributed by atoms with van der Waals surface area (Å²) in [5.74, 6) is 0. The van der Waals surface area contributed by atoms with Gasteiger partial charge < -0.3 is 15.5 Å². The van der Waals surface area contributed by atoms with Crippen LogP contribution >= 0.6 is 12.2 Å². The van der Waals surface area contributed by atoms with Crippen molar-refractivity contribution in [2.24, 2.45) is 0 Å². The second kappa shape index (κ2) is 7.64. The number of nitrogens with one attached hydrogen (secondary N) is 2. The first-order valence-electron chi connectivity index (χ1n) is 7.03. The van der Waals surface area contributed by atoms with Gasteiger partial charge in [0.1, 0.15) is 0 Å². The fourth-order valence-corrected chi connectivity index (χ4v) is 2.18. The summed E-state index contributed by atoms with van der Waals surface area (Å²) in [6, 6.07) is 18.5. The first-order chi connectivity index (χ1) is 10.1. The van der Waals surface area contributed by atoms with Gasteiger partial charge in [-0.15, -0.1) is 0 Å². The zero-order valence-electron chi connectivity index (χ0n) is 12.5. The molecule has 0 bridgehead atoms. The summed E-state index contributed by atoms with van der Waals surface area (Å²) in [5, 5.41) is 7.04. The first kappa shape index (κ1) is 15.3. The number of anilines is 2. The van der Waals surface area contributed by atoms with E-state index in [2.05, 4.69) is 53.8 Å². The summed E-state index contributed by atoms with van der Waals surface area (Å²) in [7, 11) is 2.08. The van der Waals surface area contributed by atoms with Gasteiger partial charge in [0.2, 0.25) is 0 Å². The molecule has 3 nitrogen and oxygen atoms in total. The van der Waals surface area contributed by atoms with Crippen molar-refractivity contribution in [1.29, 1.82) is 0 Å². The molecule has 4 heteroatoms. The molecule has 0 amide bonds. The second-order valence-corrected chi connectivity index (χ2v) is 5.41. The van der Waals surface area contributed by atoms with E-state index in [1.165, 1.54) is 11.3 Å². The summed E-state index contributed by atoms with van der Waals surface area (Å²) in [6.07, 6.45) is 0. The van der Waals surface area contributed by atoms with Crippen molar-refractivity contribution in [3.8, 4) is 0 Å². The number of hydrogen-bond acceptors (Lipinski definition) is 2. The molecule has 21 heavy (non-hydrogen) atoms. The van der Waals surface area contributed by atoms with E-state index < -0.39 is 0 Å². The number of aryl methyl sites for hydroxylation is 1. The van der Waals surface area contributed by atoms with Crippen molar-refractivity contribution in [3.05, 3.63) is 60.2 Å². The summed E-state index contributed by atoms with van der Waals surface area (Å²) in [4.78, 5) is 2.21. The van der Waals surface area contributed by atoms with Gasteiger partial charge in [-0.1, -0.05) is 35.9 Å². The van der Waals surface area contributed by atoms with Crippen LogP contribution in [0.4, 0.5) is 11.4 Å². The molecule has 0 radical (unpaired) electrons. The minimum absolute atomic E-state index is 0.651. The first-order valence-corrected chi connectivity index (χ1v) is 7.44. The number of rotatable bonds is 5. The molecule has 0 aromatic heterocycles. The van der Waals surface area contributed by atoms with Crippen LogP contribution in [0, 0.1) is 6.92 Å². The Morgan fingerprint density at radius 3 is 2.38 bits per heavy atom. The summed E-state index contributed by atoms with van der Waals surface area (Å²) < 4.78 is 0. The van der Waals surface area contributed by atoms with Gasteiger partial charge in [0.15, 0.2) is 5.11 Å². The molecule has 2 rings (SSSR count). The van der Waals surface area contributed by atoms with E-state index in [-0.39, 0.29) is 0 Å². The maximum atomic E-state index is 5.28. The summed E-state index contributed by atoms with van der Waals surface area (Å²) in [6.45, 7) is 3.78. The Morgan fingerprint density at radius 1 is 1.05 bits per heavy atom. The van der Waals surface area contributed by atoms with Crippen molar-refractivity contribution in [1.82, 2.24) is 5.32 Å². The normalized spacial score (nSPS) is 10.0. The van der Waals surface area contributed by atoms with E-state index in [0.717, 1.165) is 18.8 Å².